The quantitative estimate of drug-likeness (QED) is 0.645. The van der Waals surface area contributed by atoms with E-state index in [2.05, 4.69) is 24.1 Å². The van der Waals surface area contributed by atoms with Crippen LogP contribution in [0, 0.1) is 5.92 Å². The maximum absolute atomic E-state index is 10.8. The fourth-order valence-corrected chi connectivity index (χ4v) is 1.81. The van der Waals surface area contributed by atoms with E-state index in [-0.39, 0.29) is 0 Å². The molecule has 0 aliphatic carbocycles. The van der Waals surface area contributed by atoms with Gasteiger partial charge in [0.15, 0.2) is 0 Å². The number of carbonyl (C=O) groups excluding carboxylic acids is 1. The maximum Gasteiger partial charge on any atom is 0.394 e. The lowest BCUT2D eigenvalue weighted by atomic mass is 10.1. The molecule has 5 nitrogen and oxygen atoms in total. The van der Waals surface area contributed by atoms with Gasteiger partial charge >= 0.3 is 11.9 Å². The summed E-state index contributed by atoms with van der Waals surface area (Å²) < 4.78 is 0. The molecule has 1 amide bonds. The molecule has 1 atom stereocenters. The summed E-state index contributed by atoms with van der Waals surface area (Å²) >= 11 is 0. The molecule has 1 fully saturated rings. The van der Waals surface area contributed by atoms with E-state index in [9.17, 15) is 9.59 Å². The van der Waals surface area contributed by atoms with E-state index in [4.69, 9.17) is 5.11 Å². The summed E-state index contributed by atoms with van der Waals surface area (Å²) in [6, 6.07) is 0.519. The Morgan fingerprint density at radius 1 is 1.53 bits per heavy atom. The highest BCUT2D eigenvalue weighted by molar-refractivity contribution is 6.31. The molecule has 0 aromatic rings. The lowest BCUT2D eigenvalue weighted by Crippen LogP contribution is -2.36. The molecule has 0 saturated carbocycles. The normalized spacial score (nSPS) is 21.9. The number of nitrogens with zero attached hydrogens (tertiary/aromatic N) is 1. The summed E-state index contributed by atoms with van der Waals surface area (Å²) in [7, 11) is 0. The first kappa shape index (κ1) is 12.0. The first-order chi connectivity index (χ1) is 7.00. The van der Waals surface area contributed by atoms with Crippen molar-refractivity contribution in [2.45, 2.75) is 26.3 Å². The zero-order chi connectivity index (χ0) is 11.4. The molecule has 0 aromatic heterocycles. The Kier molecular flexibility index (Phi) is 4.08. The molecule has 86 valence electrons. The zero-order valence-corrected chi connectivity index (χ0v) is 9.19. The molecule has 0 spiro atoms. The highest BCUT2D eigenvalue weighted by Crippen LogP contribution is 2.17. The minimum Gasteiger partial charge on any atom is -0.474 e. The first-order valence-corrected chi connectivity index (χ1v) is 5.26. The van der Waals surface area contributed by atoms with E-state index in [0.717, 1.165) is 19.5 Å². The van der Waals surface area contributed by atoms with Crippen molar-refractivity contribution >= 4 is 11.9 Å². The molecule has 1 aliphatic heterocycles. The van der Waals surface area contributed by atoms with E-state index in [1.54, 1.807) is 0 Å². The molecule has 5 heteroatoms. The van der Waals surface area contributed by atoms with Crippen molar-refractivity contribution < 1.29 is 14.7 Å². The van der Waals surface area contributed by atoms with Crippen LogP contribution in [-0.4, -0.2) is 47.6 Å². The first-order valence-electron chi connectivity index (χ1n) is 5.26. The van der Waals surface area contributed by atoms with Crippen molar-refractivity contribution in [1.29, 1.82) is 0 Å². The molecule has 1 rings (SSSR count). The Morgan fingerprint density at radius 3 is 2.67 bits per heavy atom. The Balaban J connectivity index is 2.25. The lowest BCUT2D eigenvalue weighted by Gasteiger charge is -2.20. The number of likely N-dealkylation sites (tertiary alicyclic amines) is 1. The summed E-state index contributed by atoms with van der Waals surface area (Å²) in [6.45, 7) is 6.72. The molecule has 0 radical (unpaired) electrons. The van der Waals surface area contributed by atoms with E-state index in [1.165, 1.54) is 0 Å². The van der Waals surface area contributed by atoms with Crippen LogP contribution >= 0.6 is 0 Å². The number of hydrogen-bond donors (Lipinski definition) is 2. The molecule has 0 bridgehead atoms. The Bertz CT molecular complexity index is 253. The third-order valence-corrected chi connectivity index (χ3v) is 2.79. The second kappa shape index (κ2) is 5.11. The standard InChI is InChI=1S/C10H18N2O3/c1-7(2)12-4-3-8(6-12)5-11-9(13)10(14)15/h7-8H,3-6H2,1-2H3,(H,11,13)(H,14,15). The summed E-state index contributed by atoms with van der Waals surface area (Å²) in [5, 5.41) is 10.8. The topological polar surface area (TPSA) is 69.6 Å². The Hall–Kier alpha value is -1.10. The van der Waals surface area contributed by atoms with Crippen LogP contribution in [-0.2, 0) is 9.59 Å². The summed E-state index contributed by atoms with van der Waals surface area (Å²) in [4.78, 5) is 23.4. The van der Waals surface area contributed by atoms with Crippen LogP contribution < -0.4 is 5.32 Å². The van der Waals surface area contributed by atoms with Gasteiger partial charge < -0.3 is 15.3 Å². The van der Waals surface area contributed by atoms with Crippen LogP contribution in [0.25, 0.3) is 0 Å². The van der Waals surface area contributed by atoms with Crippen LogP contribution in [0.5, 0.6) is 0 Å². The predicted octanol–water partition coefficient (Wildman–Crippen LogP) is -0.0825. The number of hydrogen-bond acceptors (Lipinski definition) is 3. The van der Waals surface area contributed by atoms with E-state index in [1.807, 2.05) is 0 Å². The maximum atomic E-state index is 10.8. The zero-order valence-electron chi connectivity index (χ0n) is 9.19. The number of amides is 1. The van der Waals surface area contributed by atoms with Gasteiger partial charge in [-0.15, -0.1) is 0 Å². The predicted molar refractivity (Wildman–Crippen MR) is 55.5 cm³/mol. The number of carboxylic acids is 1. The highest BCUT2D eigenvalue weighted by atomic mass is 16.4. The number of carbonyl (C=O) groups is 2. The monoisotopic (exact) mass is 214 g/mol. The SMILES string of the molecule is CC(C)N1CCC(CNC(=O)C(=O)O)C1. The molecule has 2 N–H and O–H groups in total. The van der Waals surface area contributed by atoms with Crippen LogP contribution in [0.1, 0.15) is 20.3 Å². The molecule has 1 heterocycles. The molecule has 1 aliphatic rings. The van der Waals surface area contributed by atoms with Crippen LogP contribution in [0.2, 0.25) is 0 Å². The molecule has 1 unspecified atom stereocenters. The van der Waals surface area contributed by atoms with Crippen LogP contribution in [0.4, 0.5) is 0 Å². The minimum atomic E-state index is -1.41. The van der Waals surface area contributed by atoms with Gasteiger partial charge in [0, 0.05) is 19.1 Å². The number of rotatable bonds is 3. The minimum absolute atomic E-state index is 0.385. The average molecular weight is 214 g/mol. The molecular weight excluding hydrogens is 196 g/mol. The molecule has 1 saturated heterocycles. The summed E-state index contributed by atoms with van der Waals surface area (Å²) in [6.07, 6.45) is 1.03. The van der Waals surface area contributed by atoms with Crippen LogP contribution in [0.15, 0.2) is 0 Å². The largest absolute Gasteiger partial charge is 0.474 e. The highest BCUT2D eigenvalue weighted by Gasteiger charge is 2.24. The van der Waals surface area contributed by atoms with Crippen molar-refractivity contribution in [3.8, 4) is 0 Å². The van der Waals surface area contributed by atoms with Gasteiger partial charge in [0.2, 0.25) is 0 Å². The van der Waals surface area contributed by atoms with Gasteiger partial charge in [-0.1, -0.05) is 0 Å². The van der Waals surface area contributed by atoms with Gasteiger partial charge in [0.05, 0.1) is 0 Å². The van der Waals surface area contributed by atoms with Gasteiger partial charge in [0.25, 0.3) is 0 Å². The van der Waals surface area contributed by atoms with Gasteiger partial charge in [-0.25, -0.2) is 4.79 Å². The lowest BCUT2D eigenvalue weighted by molar-refractivity contribution is -0.150. The molecule has 0 aromatic carbocycles. The smallest absolute Gasteiger partial charge is 0.394 e. The van der Waals surface area contributed by atoms with E-state index in [0.29, 0.717) is 18.5 Å². The van der Waals surface area contributed by atoms with Gasteiger partial charge in [-0.3, -0.25) is 4.79 Å². The fourth-order valence-electron chi connectivity index (χ4n) is 1.81. The number of nitrogens with one attached hydrogen (secondary N) is 1. The van der Waals surface area contributed by atoms with E-state index < -0.39 is 11.9 Å². The average Bonchev–Trinajstić information content (AvgIpc) is 2.62. The summed E-state index contributed by atoms with van der Waals surface area (Å²) in [5.41, 5.74) is 0. The Labute approximate surface area is 89.4 Å². The molecular formula is C10H18N2O3. The number of aliphatic carboxylic acids is 1. The van der Waals surface area contributed by atoms with Crippen molar-refractivity contribution in [1.82, 2.24) is 10.2 Å². The molecule has 15 heavy (non-hydrogen) atoms. The van der Waals surface area contributed by atoms with Crippen LogP contribution in [0.3, 0.4) is 0 Å². The van der Waals surface area contributed by atoms with Crippen molar-refractivity contribution in [2.75, 3.05) is 19.6 Å². The second-order valence-corrected chi connectivity index (χ2v) is 4.26. The van der Waals surface area contributed by atoms with Gasteiger partial charge in [-0.2, -0.15) is 0 Å². The van der Waals surface area contributed by atoms with Crippen molar-refractivity contribution in [3.63, 3.8) is 0 Å². The fraction of sp³-hybridized carbons (Fsp3) is 0.800. The summed E-state index contributed by atoms with van der Waals surface area (Å²) in [5.74, 6) is -1.93. The number of carboxylic acid groups (broad SMARTS) is 1. The van der Waals surface area contributed by atoms with E-state index >= 15 is 0 Å². The second-order valence-electron chi connectivity index (χ2n) is 4.26. The van der Waals surface area contributed by atoms with Crippen molar-refractivity contribution in [3.05, 3.63) is 0 Å². The third-order valence-electron chi connectivity index (χ3n) is 2.79. The van der Waals surface area contributed by atoms with Crippen molar-refractivity contribution in [2.24, 2.45) is 5.92 Å². The van der Waals surface area contributed by atoms with Gasteiger partial charge in [-0.05, 0) is 32.7 Å². The Morgan fingerprint density at radius 2 is 2.20 bits per heavy atom. The third kappa shape index (κ3) is 3.51. The van der Waals surface area contributed by atoms with Gasteiger partial charge in [0.1, 0.15) is 0 Å².